The fourth-order valence-electron chi connectivity index (χ4n) is 1.20. The van der Waals surface area contributed by atoms with Crippen LogP contribution in [0.5, 0.6) is 0 Å². The van der Waals surface area contributed by atoms with Crippen LogP contribution in [0.3, 0.4) is 0 Å². The van der Waals surface area contributed by atoms with Gasteiger partial charge in [-0.25, -0.2) is 0 Å². The molecule has 0 aliphatic heterocycles. The average molecular weight is 216 g/mol. The maximum absolute atomic E-state index is 6.06. The largest absolute Gasteiger partial charge is 0.252 e. The lowest BCUT2D eigenvalue weighted by Gasteiger charge is -2.06. The van der Waals surface area contributed by atoms with Crippen molar-refractivity contribution in [1.29, 1.82) is 0 Å². The van der Waals surface area contributed by atoms with Crippen molar-refractivity contribution in [2.45, 2.75) is 45.5 Å². The predicted octanol–water partition coefficient (Wildman–Crippen LogP) is 3.01. The maximum atomic E-state index is 6.06. The molecule has 0 aliphatic carbocycles. The lowest BCUT2D eigenvalue weighted by atomic mass is 10.1. The summed E-state index contributed by atoms with van der Waals surface area (Å²) in [5, 5.41) is 8.11. The van der Waals surface area contributed by atoms with Gasteiger partial charge in [0, 0.05) is 12.7 Å². The number of aromatic nitrogens is 3. The van der Waals surface area contributed by atoms with Gasteiger partial charge < -0.3 is 0 Å². The molecule has 0 saturated carbocycles. The molecule has 0 aliphatic rings. The van der Waals surface area contributed by atoms with Crippen LogP contribution in [0.25, 0.3) is 0 Å². The highest BCUT2D eigenvalue weighted by atomic mass is 35.5. The van der Waals surface area contributed by atoms with Gasteiger partial charge >= 0.3 is 0 Å². The molecule has 14 heavy (non-hydrogen) atoms. The Kier molecular flexibility index (Phi) is 4.39. The van der Waals surface area contributed by atoms with Gasteiger partial charge in [-0.05, 0) is 12.3 Å². The molecular weight excluding hydrogens is 198 g/mol. The summed E-state index contributed by atoms with van der Waals surface area (Å²) in [7, 11) is 0. The minimum atomic E-state index is 0.000632. The lowest BCUT2D eigenvalue weighted by molar-refractivity contribution is 0.431. The van der Waals surface area contributed by atoms with E-state index in [4.69, 9.17) is 11.6 Å². The molecule has 2 unspecified atom stereocenters. The second kappa shape index (κ2) is 5.35. The number of halogens is 1. The third-order valence-corrected chi connectivity index (χ3v) is 2.96. The highest BCUT2D eigenvalue weighted by Gasteiger charge is 2.10. The molecule has 0 radical (unpaired) electrons. The molecule has 0 bridgehead atoms. The van der Waals surface area contributed by atoms with Gasteiger partial charge in [-0.1, -0.05) is 32.4 Å². The first-order chi connectivity index (χ1) is 6.67. The zero-order valence-corrected chi connectivity index (χ0v) is 9.83. The Morgan fingerprint density at radius 2 is 2.14 bits per heavy atom. The van der Waals surface area contributed by atoms with Crippen LogP contribution in [-0.2, 0) is 6.54 Å². The Morgan fingerprint density at radius 1 is 1.43 bits per heavy atom. The van der Waals surface area contributed by atoms with Crippen molar-refractivity contribution in [3.8, 4) is 0 Å². The monoisotopic (exact) mass is 215 g/mol. The van der Waals surface area contributed by atoms with Crippen molar-refractivity contribution in [3.05, 3.63) is 11.9 Å². The highest BCUT2D eigenvalue weighted by molar-refractivity contribution is 6.20. The first kappa shape index (κ1) is 11.5. The molecular formula is C10H18ClN3. The van der Waals surface area contributed by atoms with E-state index in [1.807, 2.05) is 17.8 Å². The van der Waals surface area contributed by atoms with Gasteiger partial charge in [0.15, 0.2) is 0 Å². The first-order valence-electron chi connectivity index (χ1n) is 5.21. The molecule has 2 atom stereocenters. The Morgan fingerprint density at radius 3 is 2.71 bits per heavy atom. The van der Waals surface area contributed by atoms with Crippen LogP contribution in [0.15, 0.2) is 6.20 Å². The molecule has 1 aromatic heterocycles. The van der Waals surface area contributed by atoms with Gasteiger partial charge in [0.2, 0.25) is 0 Å². The zero-order valence-electron chi connectivity index (χ0n) is 9.07. The summed E-state index contributed by atoms with van der Waals surface area (Å²) < 4.78 is 1.88. The first-order valence-corrected chi connectivity index (χ1v) is 5.65. The van der Waals surface area contributed by atoms with E-state index in [1.54, 1.807) is 0 Å². The quantitative estimate of drug-likeness (QED) is 0.707. The third-order valence-electron chi connectivity index (χ3n) is 2.43. The van der Waals surface area contributed by atoms with Crippen molar-refractivity contribution in [3.63, 3.8) is 0 Å². The fraction of sp³-hybridized carbons (Fsp3) is 0.800. The molecule has 1 heterocycles. The van der Waals surface area contributed by atoms with E-state index in [9.17, 15) is 0 Å². The number of hydrogen-bond donors (Lipinski definition) is 0. The summed E-state index contributed by atoms with van der Waals surface area (Å²) in [4.78, 5) is 0. The molecule has 80 valence electrons. The zero-order chi connectivity index (χ0) is 10.6. The molecule has 4 heteroatoms. The summed E-state index contributed by atoms with van der Waals surface area (Å²) in [6.45, 7) is 7.36. The second-order valence-corrected chi connectivity index (χ2v) is 4.28. The number of nitrogens with zero attached hydrogens (tertiary/aromatic N) is 3. The highest BCUT2D eigenvalue weighted by Crippen LogP contribution is 2.20. The number of hydrogen-bond acceptors (Lipinski definition) is 2. The molecule has 1 rings (SSSR count). The Hall–Kier alpha value is -0.570. The summed E-state index contributed by atoms with van der Waals surface area (Å²) in [5.41, 5.74) is 0.887. The molecule has 1 aromatic rings. The van der Waals surface area contributed by atoms with Gasteiger partial charge in [-0.15, -0.1) is 16.7 Å². The Bertz CT molecular complexity index is 272. The van der Waals surface area contributed by atoms with E-state index in [0.29, 0.717) is 5.92 Å². The number of alkyl halides is 1. The van der Waals surface area contributed by atoms with E-state index in [-0.39, 0.29) is 5.38 Å². The minimum absolute atomic E-state index is 0.000632. The predicted molar refractivity (Wildman–Crippen MR) is 58.4 cm³/mol. The van der Waals surface area contributed by atoms with E-state index < -0.39 is 0 Å². The summed E-state index contributed by atoms with van der Waals surface area (Å²) in [6, 6.07) is 0. The molecule has 3 nitrogen and oxygen atoms in total. The standard InChI is InChI=1S/C10H18ClN3/c1-4-8(3)6-14-7-10(12-13-14)9(11)5-2/h7-9H,4-6H2,1-3H3. The molecule has 0 aromatic carbocycles. The van der Waals surface area contributed by atoms with Crippen LogP contribution in [0.4, 0.5) is 0 Å². The third kappa shape index (κ3) is 2.98. The van der Waals surface area contributed by atoms with E-state index in [2.05, 4.69) is 24.2 Å². The summed E-state index contributed by atoms with van der Waals surface area (Å²) >= 11 is 6.06. The van der Waals surface area contributed by atoms with Crippen LogP contribution in [0.1, 0.15) is 44.7 Å². The van der Waals surface area contributed by atoms with Crippen molar-refractivity contribution in [2.24, 2.45) is 5.92 Å². The smallest absolute Gasteiger partial charge is 0.100 e. The van der Waals surface area contributed by atoms with E-state index >= 15 is 0 Å². The Balaban J connectivity index is 2.59. The second-order valence-electron chi connectivity index (χ2n) is 3.75. The summed E-state index contributed by atoms with van der Waals surface area (Å²) in [5.74, 6) is 0.639. The average Bonchev–Trinajstić information content (AvgIpc) is 2.65. The van der Waals surface area contributed by atoms with Crippen molar-refractivity contribution < 1.29 is 0 Å². The molecule has 0 N–H and O–H groups in total. The van der Waals surface area contributed by atoms with Crippen LogP contribution >= 0.6 is 11.6 Å². The Labute approximate surface area is 90.4 Å². The van der Waals surface area contributed by atoms with E-state index in [1.165, 1.54) is 0 Å². The fourth-order valence-corrected chi connectivity index (χ4v) is 1.30. The van der Waals surface area contributed by atoms with Gasteiger partial charge in [0.05, 0.1) is 5.38 Å². The molecule has 0 spiro atoms. The van der Waals surface area contributed by atoms with Crippen molar-refractivity contribution >= 4 is 11.6 Å². The van der Waals surface area contributed by atoms with Crippen LogP contribution < -0.4 is 0 Å². The van der Waals surface area contributed by atoms with Crippen molar-refractivity contribution in [2.75, 3.05) is 0 Å². The van der Waals surface area contributed by atoms with Crippen LogP contribution in [0, 0.1) is 5.92 Å². The topological polar surface area (TPSA) is 30.7 Å². The van der Waals surface area contributed by atoms with Gasteiger partial charge in [-0.2, -0.15) is 0 Å². The van der Waals surface area contributed by atoms with Crippen LogP contribution in [-0.4, -0.2) is 15.0 Å². The molecule has 0 amide bonds. The maximum Gasteiger partial charge on any atom is 0.100 e. The van der Waals surface area contributed by atoms with Gasteiger partial charge in [-0.3, -0.25) is 4.68 Å². The van der Waals surface area contributed by atoms with Gasteiger partial charge in [0.25, 0.3) is 0 Å². The molecule has 0 fully saturated rings. The van der Waals surface area contributed by atoms with Gasteiger partial charge in [0.1, 0.15) is 5.69 Å². The van der Waals surface area contributed by atoms with Crippen LogP contribution in [0.2, 0.25) is 0 Å². The summed E-state index contributed by atoms with van der Waals surface area (Å²) in [6.07, 6.45) is 4.00. The lowest BCUT2D eigenvalue weighted by Crippen LogP contribution is -2.07. The normalized spacial score (nSPS) is 15.4. The van der Waals surface area contributed by atoms with E-state index in [0.717, 1.165) is 25.1 Å². The van der Waals surface area contributed by atoms with Crippen molar-refractivity contribution in [1.82, 2.24) is 15.0 Å². The minimum Gasteiger partial charge on any atom is -0.252 e. The number of rotatable bonds is 5. The SMILES string of the molecule is CCC(C)Cn1cc(C(Cl)CC)nn1. The molecule has 0 saturated heterocycles.